The fourth-order valence-corrected chi connectivity index (χ4v) is 1.65. The van der Waals surface area contributed by atoms with Crippen molar-refractivity contribution in [2.75, 3.05) is 0 Å². The molecule has 1 aromatic carbocycles. The Kier molecular flexibility index (Phi) is 4.42. The van der Waals surface area contributed by atoms with Crippen molar-refractivity contribution in [3.05, 3.63) is 59.2 Å². The number of nitrogen functional groups attached to an aromatic ring is 1. The first-order chi connectivity index (χ1) is 10.5. The van der Waals surface area contributed by atoms with Crippen LogP contribution in [-0.4, -0.2) is 27.6 Å². The molecule has 0 atom stereocenters. The monoisotopic (exact) mass is 298 g/mol. The number of carbonyl (C=O) groups excluding carboxylic acids is 2. The van der Waals surface area contributed by atoms with Gasteiger partial charge in [0.2, 0.25) is 0 Å². The lowest BCUT2D eigenvalue weighted by Crippen LogP contribution is -2.24. The van der Waals surface area contributed by atoms with Crippen molar-refractivity contribution < 1.29 is 9.59 Å². The molecule has 0 spiro atoms. The van der Waals surface area contributed by atoms with Gasteiger partial charge in [0.1, 0.15) is 17.2 Å². The third-order valence-corrected chi connectivity index (χ3v) is 2.85. The fraction of sp³-hybridized carbons (Fsp3) is 0.0714. The van der Waals surface area contributed by atoms with Gasteiger partial charge in [-0.3, -0.25) is 15.0 Å². The summed E-state index contributed by atoms with van der Waals surface area (Å²) in [7, 11) is 0. The lowest BCUT2D eigenvalue weighted by atomic mass is 10.1. The van der Waals surface area contributed by atoms with Crippen LogP contribution in [0.3, 0.4) is 0 Å². The summed E-state index contributed by atoms with van der Waals surface area (Å²) in [6, 6.07) is 6.92. The third-order valence-electron chi connectivity index (χ3n) is 2.85. The second kappa shape index (κ2) is 6.44. The average molecular weight is 298 g/mol. The zero-order chi connectivity index (χ0) is 16.1. The standard InChI is InChI=1S/C14H14N6O2/c15-12(16)9-3-1-8(2-4-9)5-20-14(22)11-7-18-10(6-19-11)13(17)21/h1-4,6-7H,5H2,(H3,15,16)(H2,17,21)(H,20,22). The summed E-state index contributed by atoms with van der Waals surface area (Å²) in [5.41, 5.74) is 11.9. The number of carbonyl (C=O) groups is 2. The van der Waals surface area contributed by atoms with Crippen LogP contribution < -0.4 is 16.8 Å². The quantitative estimate of drug-likeness (QED) is 0.445. The molecule has 112 valence electrons. The van der Waals surface area contributed by atoms with E-state index in [4.69, 9.17) is 16.9 Å². The van der Waals surface area contributed by atoms with Gasteiger partial charge < -0.3 is 16.8 Å². The van der Waals surface area contributed by atoms with E-state index in [9.17, 15) is 9.59 Å². The third kappa shape index (κ3) is 3.63. The van der Waals surface area contributed by atoms with E-state index in [0.29, 0.717) is 5.56 Å². The van der Waals surface area contributed by atoms with Crippen LogP contribution in [-0.2, 0) is 6.54 Å². The van der Waals surface area contributed by atoms with E-state index in [1.165, 1.54) is 6.20 Å². The van der Waals surface area contributed by atoms with Gasteiger partial charge in [-0.05, 0) is 5.56 Å². The van der Waals surface area contributed by atoms with Gasteiger partial charge in [-0.15, -0.1) is 0 Å². The molecule has 1 heterocycles. The maximum Gasteiger partial charge on any atom is 0.271 e. The molecule has 0 aliphatic heterocycles. The first-order valence-electron chi connectivity index (χ1n) is 6.31. The van der Waals surface area contributed by atoms with Crippen LogP contribution in [0.4, 0.5) is 0 Å². The molecule has 0 unspecified atom stereocenters. The maximum atomic E-state index is 11.9. The van der Waals surface area contributed by atoms with E-state index in [1.54, 1.807) is 24.3 Å². The molecule has 0 radical (unpaired) electrons. The number of hydrogen-bond donors (Lipinski definition) is 4. The van der Waals surface area contributed by atoms with Crippen LogP contribution in [0.15, 0.2) is 36.7 Å². The maximum absolute atomic E-state index is 11.9. The van der Waals surface area contributed by atoms with Gasteiger partial charge in [0.25, 0.3) is 11.8 Å². The molecule has 1 aromatic heterocycles. The molecular weight excluding hydrogens is 284 g/mol. The van der Waals surface area contributed by atoms with Crippen LogP contribution in [0.25, 0.3) is 0 Å². The largest absolute Gasteiger partial charge is 0.384 e. The van der Waals surface area contributed by atoms with Crippen LogP contribution in [0.1, 0.15) is 32.1 Å². The lowest BCUT2D eigenvalue weighted by molar-refractivity contribution is 0.0941. The fourth-order valence-electron chi connectivity index (χ4n) is 1.65. The first kappa shape index (κ1) is 15.1. The molecule has 2 amide bonds. The van der Waals surface area contributed by atoms with Crippen LogP contribution in [0.2, 0.25) is 0 Å². The molecule has 6 N–H and O–H groups in total. The summed E-state index contributed by atoms with van der Waals surface area (Å²) >= 11 is 0. The molecule has 0 aliphatic carbocycles. The van der Waals surface area contributed by atoms with Crippen LogP contribution in [0.5, 0.6) is 0 Å². The summed E-state index contributed by atoms with van der Waals surface area (Å²) in [5, 5.41) is 9.97. The number of nitrogens with one attached hydrogen (secondary N) is 2. The van der Waals surface area contributed by atoms with Crippen molar-refractivity contribution >= 4 is 17.6 Å². The zero-order valence-electron chi connectivity index (χ0n) is 11.5. The first-order valence-corrected chi connectivity index (χ1v) is 6.31. The summed E-state index contributed by atoms with van der Waals surface area (Å²) in [5.74, 6) is -1.13. The molecule has 0 aliphatic rings. The van der Waals surface area contributed by atoms with E-state index in [-0.39, 0.29) is 23.8 Å². The van der Waals surface area contributed by atoms with Crippen LogP contribution >= 0.6 is 0 Å². The molecule has 0 fully saturated rings. The number of aromatic nitrogens is 2. The number of primary amides is 1. The summed E-state index contributed by atoms with van der Waals surface area (Å²) in [6.07, 6.45) is 2.34. The van der Waals surface area contributed by atoms with Crippen LogP contribution in [0, 0.1) is 5.41 Å². The highest BCUT2D eigenvalue weighted by molar-refractivity contribution is 5.95. The summed E-state index contributed by atoms with van der Waals surface area (Å²) < 4.78 is 0. The van der Waals surface area contributed by atoms with E-state index in [0.717, 1.165) is 11.8 Å². The number of nitrogens with two attached hydrogens (primary N) is 2. The Hall–Kier alpha value is -3.29. The number of hydrogen-bond acceptors (Lipinski definition) is 5. The Morgan fingerprint density at radius 1 is 1.05 bits per heavy atom. The molecule has 2 rings (SSSR count). The molecule has 2 aromatic rings. The van der Waals surface area contributed by atoms with E-state index in [1.807, 2.05) is 0 Å². The number of nitrogens with zero attached hydrogens (tertiary/aromatic N) is 2. The lowest BCUT2D eigenvalue weighted by Gasteiger charge is -2.06. The van der Waals surface area contributed by atoms with Gasteiger partial charge >= 0.3 is 0 Å². The molecular formula is C14H14N6O2. The van der Waals surface area contributed by atoms with Crippen molar-refractivity contribution in [1.29, 1.82) is 5.41 Å². The highest BCUT2D eigenvalue weighted by atomic mass is 16.2. The van der Waals surface area contributed by atoms with E-state index < -0.39 is 11.8 Å². The Morgan fingerprint density at radius 3 is 2.14 bits per heavy atom. The zero-order valence-corrected chi connectivity index (χ0v) is 11.5. The van der Waals surface area contributed by atoms with E-state index in [2.05, 4.69) is 15.3 Å². The smallest absolute Gasteiger partial charge is 0.271 e. The Labute approximate surface area is 126 Å². The minimum Gasteiger partial charge on any atom is -0.384 e. The van der Waals surface area contributed by atoms with Crippen molar-refractivity contribution in [3.63, 3.8) is 0 Å². The van der Waals surface area contributed by atoms with Gasteiger partial charge in [0, 0.05) is 12.1 Å². The average Bonchev–Trinajstić information content (AvgIpc) is 2.53. The minimum absolute atomic E-state index is 0.00336. The normalized spacial score (nSPS) is 10.0. The SMILES string of the molecule is N=C(N)c1ccc(CNC(=O)c2cnc(C(N)=O)cn2)cc1. The predicted molar refractivity (Wildman–Crippen MR) is 79.2 cm³/mol. The van der Waals surface area contributed by atoms with Gasteiger partial charge in [-0.1, -0.05) is 24.3 Å². The number of amides is 2. The Balaban J connectivity index is 1.97. The highest BCUT2D eigenvalue weighted by Gasteiger charge is 2.09. The molecule has 8 heteroatoms. The van der Waals surface area contributed by atoms with E-state index >= 15 is 0 Å². The Morgan fingerprint density at radius 2 is 1.64 bits per heavy atom. The van der Waals surface area contributed by atoms with Gasteiger partial charge in [-0.25, -0.2) is 9.97 Å². The second-order valence-corrected chi connectivity index (χ2v) is 4.44. The number of rotatable bonds is 5. The molecule has 0 bridgehead atoms. The minimum atomic E-state index is -0.704. The van der Waals surface area contributed by atoms with Gasteiger partial charge in [0.05, 0.1) is 12.4 Å². The molecule has 0 saturated carbocycles. The molecule has 22 heavy (non-hydrogen) atoms. The summed E-state index contributed by atoms with van der Waals surface area (Å²) in [6.45, 7) is 0.288. The number of benzene rings is 1. The number of amidine groups is 1. The predicted octanol–water partition coefficient (Wildman–Crippen LogP) is -0.210. The van der Waals surface area contributed by atoms with Crippen molar-refractivity contribution in [2.45, 2.75) is 6.54 Å². The molecule has 0 saturated heterocycles. The summed E-state index contributed by atoms with van der Waals surface area (Å²) in [4.78, 5) is 30.3. The van der Waals surface area contributed by atoms with Crippen molar-refractivity contribution in [2.24, 2.45) is 11.5 Å². The van der Waals surface area contributed by atoms with Crippen molar-refractivity contribution in [3.8, 4) is 0 Å². The highest BCUT2D eigenvalue weighted by Crippen LogP contribution is 2.04. The molecule has 8 nitrogen and oxygen atoms in total. The Bertz CT molecular complexity index is 709. The second-order valence-electron chi connectivity index (χ2n) is 4.44. The van der Waals surface area contributed by atoms with Crippen molar-refractivity contribution in [1.82, 2.24) is 15.3 Å². The van der Waals surface area contributed by atoms with Gasteiger partial charge in [0.15, 0.2) is 0 Å². The topological polar surface area (TPSA) is 148 Å². The van der Waals surface area contributed by atoms with Gasteiger partial charge in [-0.2, -0.15) is 0 Å².